The molecule has 0 aliphatic carbocycles. The molecule has 0 spiro atoms. The van der Waals surface area contributed by atoms with Gasteiger partial charge in [-0.15, -0.1) is 0 Å². The number of β-amino-alcohol motifs (C(OH)–C–C–N with tert-alkyl or cyclic N) is 1. The number of halogens is 2. The van der Waals surface area contributed by atoms with Crippen LogP contribution in [0.2, 0.25) is 0 Å². The first-order valence-corrected chi connectivity index (χ1v) is 7.19. The van der Waals surface area contributed by atoms with Crippen molar-refractivity contribution in [2.75, 3.05) is 18.8 Å². The molecule has 1 aliphatic heterocycles. The highest BCUT2D eigenvalue weighted by atomic mass is 32.2. The second-order valence-corrected chi connectivity index (χ2v) is 6.38. The topological polar surface area (TPSA) is 83.6 Å². The van der Waals surface area contributed by atoms with Crippen molar-refractivity contribution in [3.8, 4) is 0 Å². The van der Waals surface area contributed by atoms with Crippen molar-refractivity contribution in [2.45, 2.75) is 23.8 Å². The van der Waals surface area contributed by atoms with E-state index in [9.17, 15) is 22.3 Å². The summed E-state index contributed by atoms with van der Waals surface area (Å²) >= 11 is 0. The molecule has 0 bridgehead atoms. The highest BCUT2D eigenvalue weighted by molar-refractivity contribution is 7.89. The Hall–Kier alpha value is -1.25. The van der Waals surface area contributed by atoms with E-state index in [1.165, 1.54) is 0 Å². The van der Waals surface area contributed by atoms with E-state index in [1.807, 2.05) is 0 Å². The van der Waals surface area contributed by atoms with Crippen LogP contribution < -0.4 is 5.73 Å². The normalized spacial score (nSPS) is 21.5. The first kappa shape index (κ1) is 14.2. The van der Waals surface area contributed by atoms with E-state index in [1.54, 1.807) is 0 Å². The summed E-state index contributed by atoms with van der Waals surface area (Å²) in [5, 5.41) is 9.47. The Morgan fingerprint density at radius 2 is 2.05 bits per heavy atom. The number of sulfonamides is 1. The number of nitrogens with two attached hydrogens (primary N) is 1. The zero-order valence-corrected chi connectivity index (χ0v) is 10.8. The lowest BCUT2D eigenvalue weighted by Gasteiger charge is -2.29. The fourth-order valence-corrected chi connectivity index (χ4v) is 3.67. The van der Waals surface area contributed by atoms with E-state index < -0.39 is 32.7 Å². The van der Waals surface area contributed by atoms with Crippen LogP contribution in [0.1, 0.15) is 12.8 Å². The number of nitrogen functional groups attached to an aromatic ring is 1. The number of hydrogen-bond acceptors (Lipinski definition) is 4. The van der Waals surface area contributed by atoms with Crippen molar-refractivity contribution in [3.05, 3.63) is 23.8 Å². The maximum atomic E-state index is 13.6. The molecule has 1 fully saturated rings. The number of hydrogen-bond donors (Lipinski definition) is 2. The summed E-state index contributed by atoms with van der Waals surface area (Å²) in [6.07, 6.45) is 0.157. The van der Waals surface area contributed by atoms with Gasteiger partial charge in [-0.3, -0.25) is 0 Å². The van der Waals surface area contributed by atoms with Crippen LogP contribution in [0, 0.1) is 11.6 Å². The SMILES string of the molecule is Nc1cc(F)c(F)c(S(=O)(=O)N2CCCC(O)C2)c1. The molecule has 5 nitrogen and oxygen atoms in total. The van der Waals surface area contributed by atoms with Gasteiger partial charge in [-0.2, -0.15) is 4.31 Å². The van der Waals surface area contributed by atoms with Crippen LogP contribution in [0.25, 0.3) is 0 Å². The first-order chi connectivity index (χ1) is 8.82. The van der Waals surface area contributed by atoms with Gasteiger partial charge >= 0.3 is 0 Å². The van der Waals surface area contributed by atoms with Gasteiger partial charge in [0, 0.05) is 18.8 Å². The molecule has 0 saturated carbocycles. The molecule has 0 aromatic heterocycles. The van der Waals surface area contributed by atoms with Crippen LogP contribution in [0.15, 0.2) is 17.0 Å². The summed E-state index contributed by atoms with van der Waals surface area (Å²) in [4.78, 5) is -0.793. The Morgan fingerprint density at radius 3 is 2.68 bits per heavy atom. The maximum absolute atomic E-state index is 13.6. The second kappa shape index (κ2) is 5.03. The first-order valence-electron chi connectivity index (χ1n) is 5.75. The fraction of sp³-hybridized carbons (Fsp3) is 0.455. The number of rotatable bonds is 2. The molecule has 106 valence electrons. The molecule has 0 radical (unpaired) electrons. The minimum Gasteiger partial charge on any atom is -0.399 e. The van der Waals surface area contributed by atoms with Crippen molar-refractivity contribution in [1.29, 1.82) is 0 Å². The summed E-state index contributed by atoms with van der Waals surface area (Å²) in [6, 6.07) is 1.61. The van der Waals surface area contributed by atoms with Crippen molar-refractivity contribution >= 4 is 15.7 Å². The van der Waals surface area contributed by atoms with Crippen molar-refractivity contribution < 1.29 is 22.3 Å². The molecule has 1 aromatic rings. The number of aliphatic hydroxyl groups is 1. The zero-order chi connectivity index (χ0) is 14.2. The second-order valence-electron chi connectivity index (χ2n) is 4.47. The average molecular weight is 292 g/mol. The minimum atomic E-state index is -4.19. The predicted octanol–water partition coefficient (Wildman–Crippen LogP) is 0.692. The van der Waals surface area contributed by atoms with E-state index in [0.717, 1.165) is 16.4 Å². The van der Waals surface area contributed by atoms with Crippen LogP contribution >= 0.6 is 0 Å². The summed E-state index contributed by atoms with van der Waals surface area (Å²) in [7, 11) is -4.19. The quantitative estimate of drug-likeness (QED) is 0.786. The van der Waals surface area contributed by atoms with Gasteiger partial charge in [-0.05, 0) is 25.0 Å². The van der Waals surface area contributed by atoms with Gasteiger partial charge in [0.05, 0.1) is 6.10 Å². The van der Waals surface area contributed by atoms with Gasteiger partial charge in [-0.25, -0.2) is 17.2 Å². The van der Waals surface area contributed by atoms with Gasteiger partial charge in [0.25, 0.3) is 0 Å². The lowest BCUT2D eigenvalue weighted by Crippen LogP contribution is -2.42. The Bertz CT molecular complexity index is 592. The van der Waals surface area contributed by atoms with Gasteiger partial charge in [0.2, 0.25) is 10.0 Å². The Morgan fingerprint density at radius 1 is 1.37 bits per heavy atom. The molecule has 2 rings (SSSR count). The van der Waals surface area contributed by atoms with Crippen molar-refractivity contribution in [3.63, 3.8) is 0 Å². The van der Waals surface area contributed by atoms with Gasteiger partial charge in [-0.1, -0.05) is 0 Å². The third-order valence-electron chi connectivity index (χ3n) is 2.99. The molecule has 8 heteroatoms. The highest BCUT2D eigenvalue weighted by Gasteiger charge is 2.32. The van der Waals surface area contributed by atoms with Gasteiger partial charge in [0.1, 0.15) is 4.90 Å². The maximum Gasteiger partial charge on any atom is 0.246 e. The zero-order valence-electron chi connectivity index (χ0n) is 10.0. The van der Waals surface area contributed by atoms with Crippen LogP contribution in [-0.2, 0) is 10.0 Å². The third-order valence-corrected chi connectivity index (χ3v) is 4.86. The summed E-state index contributed by atoms with van der Waals surface area (Å²) in [6.45, 7) is 0.0352. The summed E-state index contributed by atoms with van der Waals surface area (Å²) in [5.41, 5.74) is 5.17. The lowest BCUT2D eigenvalue weighted by atomic mass is 10.1. The largest absolute Gasteiger partial charge is 0.399 e. The highest BCUT2D eigenvalue weighted by Crippen LogP contribution is 2.26. The molecule has 3 N–H and O–H groups in total. The molecule has 19 heavy (non-hydrogen) atoms. The van der Waals surface area contributed by atoms with E-state index in [0.29, 0.717) is 12.8 Å². The molecule has 1 aromatic carbocycles. The minimum absolute atomic E-state index is 0.127. The van der Waals surface area contributed by atoms with Crippen LogP contribution in [0.3, 0.4) is 0 Å². The van der Waals surface area contributed by atoms with Gasteiger partial charge in [0.15, 0.2) is 11.6 Å². The predicted molar refractivity (Wildman–Crippen MR) is 64.8 cm³/mol. The van der Waals surface area contributed by atoms with Crippen molar-refractivity contribution in [2.24, 2.45) is 0 Å². The molecule has 1 unspecified atom stereocenters. The van der Waals surface area contributed by atoms with E-state index in [2.05, 4.69) is 0 Å². The summed E-state index contributed by atoms with van der Waals surface area (Å²) < 4.78 is 52.2. The number of anilines is 1. The number of benzene rings is 1. The van der Waals surface area contributed by atoms with E-state index in [4.69, 9.17) is 5.73 Å². The fourth-order valence-electron chi connectivity index (χ4n) is 2.05. The molecule has 1 saturated heterocycles. The van der Waals surface area contributed by atoms with Crippen LogP contribution in [0.5, 0.6) is 0 Å². The number of aliphatic hydroxyl groups excluding tert-OH is 1. The monoisotopic (exact) mass is 292 g/mol. The smallest absolute Gasteiger partial charge is 0.246 e. The van der Waals surface area contributed by atoms with Crippen LogP contribution in [0.4, 0.5) is 14.5 Å². The average Bonchev–Trinajstić information content (AvgIpc) is 2.33. The molecular formula is C11H14F2N2O3S. The summed E-state index contributed by atoms with van der Waals surface area (Å²) in [5.74, 6) is -2.76. The number of piperidine rings is 1. The molecule has 1 atom stereocenters. The number of nitrogens with zero attached hydrogens (tertiary/aromatic N) is 1. The third kappa shape index (κ3) is 2.70. The molecule has 0 amide bonds. The standard InChI is InChI=1S/C11H14F2N2O3S/c12-9-4-7(14)5-10(11(9)13)19(17,18)15-3-1-2-8(16)6-15/h4-5,8,16H,1-3,6,14H2. The Kier molecular flexibility index (Phi) is 3.75. The molecule has 1 aliphatic rings. The van der Waals surface area contributed by atoms with Crippen LogP contribution in [-0.4, -0.2) is 37.0 Å². The van der Waals surface area contributed by atoms with Crippen molar-refractivity contribution in [1.82, 2.24) is 4.31 Å². The molecular weight excluding hydrogens is 278 g/mol. The Balaban J connectivity index is 2.45. The molecule has 1 heterocycles. The lowest BCUT2D eigenvalue weighted by molar-refractivity contribution is 0.108. The van der Waals surface area contributed by atoms with E-state index in [-0.39, 0.29) is 18.8 Å². The van der Waals surface area contributed by atoms with E-state index >= 15 is 0 Å². The van der Waals surface area contributed by atoms with Gasteiger partial charge < -0.3 is 10.8 Å². The Labute approximate surface area is 109 Å².